The SMILES string of the molecule is CCc1nnsc1C(N)c1cccc(C)c1C. The highest BCUT2D eigenvalue weighted by molar-refractivity contribution is 7.05. The van der Waals surface area contributed by atoms with Crippen LogP contribution in [0.25, 0.3) is 0 Å². The molecule has 0 aliphatic rings. The number of nitrogens with two attached hydrogens (primary N) is 1. The van der Waals surface area contributed by atoms with Crippen LogP contribution in [0.3, 0.4) is 0 Å². The average Bonchev–Trinajstić information content (AvgIpc) is 2.80. The zero-order chi connectivity index (χ0) is 12.4. The molecule has 2 N–H and O–H groups in total. The normalized spacial score (nSPS) is 12.7. The van der Waals surface area contributed by atoms with E-state index in [0.717, 1.165) is 17.0 Å². The van der Waals surface area contributed by atoms with Crippen LogP contribution in [0.5, 0.6) is 0 Å². The van der Waals surface area contributed by atoms with Gasteiger partial charge in [-0.15, -0.1) is 5.10 Å². The predicted molar refractivity (Wildman–Crippen MR) is 71.2 cm³/mol. The minimum Gasteiger partial charge on any atom is -0.319 e. The summed E-state index contributed by atoms with van der Waals surface area (Å²) in [7, 11) is 0. The van der Waals surface area contributed by atoms with E-state index in [9.17, 15) is 0 Å². The number of hydrogen-bond acceptors (Lipinski definition) is 4. The molecule has 1 unspecified atom stereocenters. The maximum atomic E-state index is 6.34. The summed E-state index contributed by atoms with van der Waals surface area (Å²) in [5.41, 5.74) is 11.1. The summed E-state index contributed by atoms with van der Waals surface area (Å²) in [5, 5.41) is 4.12. The van der Waals surface area contributed by atoms with Crippen LogP contribution in [0.1, 0.15) is 40.2 Å². The average molecular weight is 247 g/mol. The highest BCUT2D eigenvalue weighted by Gasteiger charge is 2.18. The van der Waals surface area contributed by atoms with Crippen LogP contribution in [0, 0.1) is 13.8 Å². The van der Waals surface area contributed by atoms with Crippen LogP contribution < -0.4 is 5.73 Å². The maximum absolute atomic E-state index is 6.34. The lowest BCUT2D eigenvalue weighted by Gasteiger charge is -2.15. The number of aromatic nitrogens is 2. The van der Waals surface area contributed by atoms with E-state index >= 15 is 0 Å². The molecule has 0 amide bonds. The topological polar surface area (TPSA) is 51.8 Å². The number of benzene rings is 1. The van der Waals surface area contributed by atoms with Gasteiger partial charge in [0.2, 0.25) is 0 Å². The van der Waals surface area contributed by atoms with E-state index in [0.29, 0.717) is 0 Å². The molecule has 0 bridgehead atoms. The molecule has 3 nitrogen and oxygen atoms in total. The first kappa shape index (κ1) is 12.2. The van der Waals surface area contributed by atoms with Gasteiger partial charge in [0.1, 0.15) is 0 Å². The Morgan fingerprint density at radius 3 is 2.82 bits per heavy atom. The highest BCUT2D eigenvalue weighted by atomic mass is 32.1. The van der Waals surface area contributed by atoms with Gasteiger partial charge in [-0.2, -0.15) is 0 Å². The third-order valence-electron chi connectivity index (χ3n) is 3.18. The van der Waals surface area contributed by atoms with Crippen molar-refractivity contribution in [3.05, 3.63) is 45.5 Å². The predicted octanol–water partition coefficient (Wildman–Crippen LogP) is 2.77. The zero-order valence-corrected chi connectivity index (χ0v) is 11.2. The van der Waals surface area contributed by atoms with Gasteiger partial charge in [0.25, 0.3) is 0 Å². The smallest absolute Gasteiger partial charge is 0.0804 e. The summed E-state index contributed by atoms with van der Waals surface area (Å²) in [5.74, 6) is 0. The number of aryl methyl sites for hydroxylation is 2. The van der Waals surface area contributed by atoms with E-state index in [1.54, 1.807) is 0 Å². The van der Waals surface area contributed by atoms with Crippen LogP contribution in [0.15, 0.2) is 18.2 Å². The van der Waals surface area contributed by atoms with Crippen molar-refractivity contribution in [1.29, 1.82) is 0 Å². The van der Waals surface area contributed by atoms with Gasteiger partial charge in [-0.25, -0.2) is 0 Å². The standard InChI is InChI=1S/C13H17N3S/c1-4-11-13(17-16-15-11)12(14)10-7-5-6-8(2)9(10)3/h5-7,12H,4,14H2,1-3H3. The molecule has 17 heavy (non-hydrogen) atoms. The molecule has 0 radical (unpaired) electrons. The van der Waals surface area contributed by atoms with Crippen LogP contribution >= 0.6 is 11.5 Å². The summed E-state index contributed by atoms with van der Waals surface area (Å²) in [4.78, 5) is 1.08. The maximum Gasteiger partial charge on any atom is 0.0804 e. The van der Waals surface area contributed by atoms with Crippen molar-refractivity contribution in [3.63, 3.8) is 0 Å². The van der Waals surface area contributed by atoms with Crippen LogP contribution in [-0.2, 0) is 6.42 Å². The van der Waals surface area contributed by atoms with E-state index in [-0.39, 0.29) is 6.04 Å². The largest absolute Gasteiger partial charge is 0.319 e. The molecule has 2 aromatic rings. The Labute approximate surface area is 106 Å². The van der Waals surface area contributed by atoms with Crippen LogP contribution in [0.4, 0.5) is 0 Å². The number of rotatable bonds is 3. The number of nitrogens with zero attached hydrogens (tertiary/aromatic N) is 2. The molecule has 0 aliphatic carbocycles. The van der Waals surface area contributed by atoms with Gasteiger partial charge in [-0.1, -0.05) is 29.6 Å². The second kappa shape index (κ2) is 4.94. The zero-order valence-electron chi connectivity index (χ0n) is 10.4. The minimum atomic E-state index is -0.107. The molecule has 1 atom stereocenters. The second-order valence-electron chi connectivity index (χ2n) is 4.20. The Bertz CT molecular complexity index is 519. The lowest BCUT2D eigenvalue weighted by molar-refractivity contribution is 0.844. The first-order chi connectivity index (χ1) is 8.15. The van der Waals surface area contributed by atoms with Gasteiger partial charge < -0.3 is 5.73 Å². The summed E-state index contributed by atoms with van der Waals surface area (Å²) in [6, 6.07) is 6.14. The lowest BCUT2D eigenvalue weighted by Crippen LogP contribution is -2.14. The van der Waals surface area contributed by atoms with Crippen LogP contribution in [0.2, 0.25) is 0 Å². The Morgan fingerprint density at radius 2 is 2.12 bits per heavy atom. The van der Waals surface area contributed by atoms with Crippen molar-refractivity contribution in [2.45, 2.75) is 33.2 Å². The Morgan fingerprint density at radius 1 is 1.35 bits per heavy atom. The van der Waals surface area contributed by atoms with Gasteiger partial charge in [0.05, 0.1) is 16.6 Å². The summed E-state index contributed by atoms with van der Waals surface area (Å²) < 4.78 is 4.00. The van der Waals surface area contributed by atoms with Gasteiger partial charge in [0, 0.05) is 0 Å². The van der Waals surface area contributed by atoms with E-state index < -0.39 is 0 Å². The highest BCUT2D eigenvalue weighted by Crippen LogP contribution is 2.28. The lowest BCUT2D eigenvalue weighted by atomic mass is 9.96. The molecular formula is C13H17N3S. The van der Waals surface area contributed by atoms with Gasteiger partial charge in [-0.3, -0.25) is 0 Å². The molecule has 1 heterocycles. The molecule has 0 saturated carbocycles. The second-order valence-corrected chi connectivity index (χ2v) is 4.99. The Kier molecular flexibility index (Phi) is 3.54. The van der Waals surface area contributed by atoms with Gasteiger partial charge >= 0.3 is 0 Å². The van der Waals surface area contributed by atoms with Crippen molar-refractivity contribution >= 4 is 11.5 Å². The Hall–Kier alpha value is -1.26. The first-order valence-electron chi connectivity index (χ1n) is 5.78. The molecular weight excluding hydrogens is 230 g/mol. The van der Waals surface area contributed by atoms with Crippen molar-refractivity contribution in [3.8, 4) is 0 Å². The van der Waals surface area contributed by atoms with Crippen molar-refractivity contribution < 1.29 is 0 Å². The molecule has 90 valence electrons. The van der Waals surface area contributed by atoms with Crippen molar-refractivity contribution in [1.82, 2.24) is 9.59 Å². The summed E-state index contributed by atoms with van der Waals surface area (Å²) >= 11 is 1.41. The van der Waals surface area contributed by atoms with E-state index in [2.05, 4.69) is 48.6 Å². The third-order valence-corrected chi connectivity index (χ3v) is 4.03. The molecule has 0 spiro atoms. The fourth-order valence-corrected chi connectivity index (χ4v) is 2.71. The van der Waals surface area contributed by atoms with E-state index in [1.165, 1.54) is 28.2 Å². The summed E-state index contributed by atoms with van der Waals surface area (Å²) in [6.45, 7) is 6.30. The fraction of sp³-hybridized carbons (Fsp3) is 0.385. The Balaban J connectivity index is 2.44. The third kappa shape index (κ3) is 2.23. The molecule has 0 saturated heterocycles. The van der Waals surface area contributed by atoms with Crippen molar-refractivity contribution in [2.24, 2.45) is 5.73 Å². The molecule has 1 aromatic heterocycles. The van der Waals surface area contributed by atoms with E-state index in [4.69, 9.17) is 5.73 Å². The monoisotopic (exact) mass is 247 g/mol. The van der Waals surface area contributed by atoms with Crippen molar-refractivity contribution in [2.75, 3.05) is 0 Å². The van der Waals surface area contributed by atoms with Gasteiger partial charge in [-0.05, 0) is 48.5 Å². The molecule has 0 aliphatic heterocycles. The van der Waals surface area contributed by atoms with Gasteiger partial charge in [0.15, 0.2) is 0 Å². The molecule has 2 rings (SSSR count). The summed E-state index contributed by atoms with van der Waals surface area (Å²) in [6.07, 6.45) is 0.879. The minimum absolute atomic E-state index is 0.107. The number of hydrogen-bond donors (Lipinski definition) is 1. The van der Waals surface area contributed by atoms with Crippen LogP contribution in [-0.4, -0.2) is 9.59 Å². The molecule has 0 fully saturated rings. The molecule has 4 heteroatoms. The first-order valence-corrected chi connectivity index (χ1v) is 6.55. The fourth-order valence-electron chi connectivity index (χ4n) is 1.95. The molecule has 1 aromatic carbocycles. The van der Waals surface area contributed by atoms with E-state index in [1.807, 2.05) is 0 Å². The quantitative estimate of drug-likeness (QED) is 0.907.